The Kier molecular flexibility index (Phi) is 8.28. The normalized spacial score (nSPS) is 20.5. The van der Waals surface area contributed by atoms with Gasteiger partial charge in [-0.1, -0.05) is 31.4 Å². The van der Waals surface area contributed by atoms with Crippen LogP contribution in [0.25, 0.3) is 0 Å². The number of alkyl halides is 2. The van der Waals surface area contributed by atoms with Crippen LogP contribution < -0.4 is 15.4 Å². The smallest absolute Gasteiger partial charge is 0.387 e. The Morgan fingerprint density at radius 2 is 2.07 bits per heavy atom. The van der Waals surface area contributed by atoms with Crippen molar-refractivity contribution in [2.24, 2.45) is 10.9 Å². The summed E-state index contributed by atoms with van der Waals surface area (Å²) in [5.41, 5.74) is 0.783. The van der Waals surface area contributed by atoms with Crippen molar-refractivity contribution >= 4 is 11.9 Å². The van der Waals surface area contributed by atoms with E-state index in [4.69, 9.17) is 0 Å². The molecule has 0 aromatic heterocycles. The molecule has 1 heterocycles. The highest BCUT2D eigenvalue weighted by molar-refractivity contribution is 5.81. The van der Waals surface area contributed by atoms with E-state index in [9.17, 15) is 13.6 Å². The topological polar surface area (TPSA) is 66.0 Å². The molecule has 1 saturated carbocycles. The largest absolute Gasteiger partial charge is 0.435 e. The number of amides is 1. The molecule has 166 valence electrons. The Morgan fingerprint density at radius 3 is 2.80 bits per heavy atom. The molecule has 1 aliphatic heterocycles. The molecule has 2 fully saturated rings. The van der Waals surface area contributed by atoms with E-state index in [-0.39, 0.29) is 17.7 Å². The predicted octanol–water partition coefficient (Wildman–Crippen LogP) is 3.52. The third-order valence-corrected chi connectivity index (χ3v) is 5.68. The fourth-order valence-electron chi connectivity index (χ4n) is 4.19. The summed E-state index contributed by atoms with van der Waals surface area (Å²) in [5, 5.41) is 6.63. The molecule has 1 unspecified atom stereocenters. The Hall–Kier alpha value is -2.38. The van der Waals surface area contributed by atoms with E-state index in [0.717, 1.165) is 44.2 Å². The third kappa shape index (κ3) is 6.57. The minimum absolute atomic E-state index is 0.128. The molecule has 2 N–H and O–H groups in total. The number of nitrogens with zero attached hydrogens (tertiary/aromatic N) is 2. The molecule has 1 amide bonds. The quantitative estimate of drug-likeness (QED) is 0.521. The van der Waals surface area contributed by atoms with Crippen molar-refractivity contribution in [3.63, 3.8) is 0 Å². The van der Waals surface area contributed by atoms with Crippen molar-refractivity contribution in [3.8, 4) is 5.75 Å². The van der Waals surface area contributed by atoms with Gasteiger partial charge in [-0.2, -0.15) is 8.78 Å². The van der Waals surface area contributed by atoms with Crippen LogP contribution in [0, 0.1) is 5.92 Å². The van der Waals surface area contributed by atoms with Gasteiger partial charge in [0.2, 0.25) is 5.91 Å². The Morgan fingerprint density at radius 1 is 1.27 bits per heavy atom. The van der Waals surface area contributed by atoms with E-state index < -0.39 is 6.61 Å². The van der Waals surface area contributed by atoms with Crippen molar-refractivity contribution < 1.29 is 18.3 Å². The van der Waals surface area contributed by atoms with Gasteiger partial charge in [0.25, 0.3) is 0 Å². The van der Waals surface area contributed by atoms with Crippen molar-refractivity contribution in [1.29, 1.82) is 0 Å². The number of aliphatic imine (C=N–C) groups is 1. The van der Waals surface area contributed by atoms with Gasteiger partial charge in [0, 0.05) is 31.6 Å². The number of guanidine groups is 1. The number of hydrogen-bond donors (Lipinski definition) is 2. The van der Waals surface area contributed by atoms with Crippen LogP contribution in [0.3, 0.4) is 0 Å². The summed E-state index contributed by atoms with van der Waals surface area (Å²) in [6.45, 7) is 1.66. The SMILES string of the molecule is CCNC(=NCc1cccc(OC(F)F)c1)NC1CCN(C(=O)C2CCCCC2)C1. The number of ether oxygens (including phenoxy) is 1. The number of carbonyl (C=O) groups is 1. The first kappa shape index (κ1) is 22.3. The summed E-state index contributed by atoms with van der Waals surface area (Å²) >= 11 is 0. The zero-order chi connectivity index (χ0) is 21.3. The lowest BCUT2D eigenvalue weighted by Crippen LogP contribution is -2.45. The maximum absolute atomic E-state index is 12.8. The predicted molar refractivity (Wildman–Crippen MR) is 113 cm³/mol. The van der Waals surface area contributed by atoms with Gasteiger partial charge in [-0.3, -0.25) is 4.79 Å². The molecule has 1 aromatic carbocycles. The fraction of sp³-hybridized carbons (Fsp3) is 0.636. The highest BCUT2D eigenvalue weighted by Crippen LogP contribution is 2.26. The van der Waals surface area contributed by atoms with Gasteiger partial charge in [-0.15, -0.1) is 0 Å². The van der Waals surface area contributed by atoms with E-state index in [1.165, 1.54) is 12.5 Å². The van der Waals surface area contributed by atoms with E-state index in [1.54, 1.807) is 12.1 Å². The minimum atomic E-state index is -2.84. The Bertz CT molecular complexity index is 723. The molecule has 2 aliphatic rings. The second kappa shape index (κ2) is 11.1. The second-order valence-electron chi connectivity index (χ2n) is 7.97. The van der Waals surface area contributed by atoms with E-state index in [1.807, 2.05) is 17.9 Å². The van der Waals surface area contributed by atoms with Gasteiger partial charge < -0.3 is 20.3 Å². The molecule has 3 rings (SSSR count). The molecule has 6 nitrogen and oxygen atoms in total. The Balaban J connectivity index is 1.54. The lowest BCUT2D eigenvalue weighted by Gasteiger charge is -2.26. The zero-order valence-corrected chi connectivity index (χ0v) is 17.6. The van der Waals surface area contributed by atoms with E-state index >= 15 is 0 Å². The van der Waals surface area contributed by atoms with Crippen LogP contribution in [0.4, 0.5) is 8.78 Å². The average molecular weight is 423 g/mol. The zero-order valence-electron chi connectivity index (χ0n) is 17.6. The summed E-state index contributed by atoms with van der Waals surface area (Å²) in [7, 11) is 0. The first-order chi connectivity index (χ1) is 14.5. The number of carbonyl (C=O) groups excluding carboxylic acids is 1. The maximum Gasteiger partial charge on any atom is 0.387 e. The van der Waals surface area contributed by atoms with Crippen molar-refractivity contribution in [3.05, 3.63) is 29.8 Å². The molecule has 1 aliphatic carbocycles. The number of halogens is 2. The van der Waals surface area contributed by atoms with E-state index in [2.05, 4.69) is 20.4 Å². The van der Waals surface area contributed by atoms with Crippen LogP contribution in [-0.2, 0) is 11.3 Å². The summed E-state index contributed by atoms with van der Waals surface area (Å²) in [6.07, 6.45) is 6.49. The van der Waals surface area contributed by atoms with Crippen LogP contribution in [0.1, 0.15) is 51.0 Å². The summed E-state index contributed by atoms with van der Waals surface area (Å²) < 4.78 is 29.3. The maximum atomic E-state index is 12.8. The van der Waals surface area contributed by atoms with Gasteiger partial charge in [0.1, 0.15) is 5.75 Å². The summed E-state index contributed by atoms with van der Waals surface area (Å²) in [5.74, 6) is 1.29. The molecular weight excluding hydrogens is 390 g/mol. The summed E-state index contributed by atoms with van der Waals surface area (Å²) in [6, 6.07) is 6.72. The van der Waals surface area contributed by atoms with Crippen LogP contribution in [-0.4, -0.2) is 49.1 Å². The standard InChI is InChI=1S/C22H32F2N4O2/c1-2-25-22(26-14-16-7-6-10-19(13-16)30-21(23)24)27-18-11-12-28(15-18)20(29)17-8-4-3-5-9-17/h6-7,10,13,17-18,21H,2-5,8-9,11-12,14-15H2,1H3,(H2,25,26,27). The van der Waals surface area contributed by atoms with Crippen LogP contribution >= 0.6 is 0 Å². The van der Waals surface area contributed by atoms with Crippen molar-refractivity contribution in [1.82, 2.24) is 15.5 Å². The highest BCUT2D eigenvalue weighted by Gasteiger charge is 2.31. The number of rotatable bonds is 7. The monoisotopic (exact) mass is 422 g/mol. The van der Waals surface area contributed by atoms with Crippen LogP contribution in [0.5, 0.6) is 5.75 Å². The van der Waals surface area contributed by atoms with Gasteiger partial charge in [-0.05, 0) is 43.9 Å². The van der Waals surface area contributed by atoms with Gasteiger partial charge >= 0.3 is 6.61 Å². The van der Waals surface area contributed by atoms with Gasteiger partial charge in [0.15, 0.2) is 5.96 Å². The van der Waals surface area contributed by atoms with Crippen molar-refractivity contribution in [2.45, 2.75) is 64.6 Å². The van der Waals surface area contributed by atoms with Crippen molar-refractivity contribution in [2.75, 3.05) is 19.6 Å². The van der Waals surface area contributed by atoms with Gasteiger partial charge in [0.05, 0.1) is 6.54 Å². The first-order valence-electron chi connectivity index (χ1n) is 10.9. The molecule has 8 heteroatoms. The molecule has 0 radical (unpaired) electrons. The number of nitrogens with one attached hydrogen (secondary N) is 2. The molecular formula is C22H32F2N4O2. The fourth-order valence-corrected chi connectivity index (χ4v) is 4.19. The van der Waals surface area contributed by atoms with E-state index in [0.29, 0.717) is 31.5 Å². The molecule has 1 atom stereocenters. The minimum Gasteiger partial charge on any atom is -0.435 e. The third-order valence-electron chi connectivity index (χ3n) is 5.68. The molecule has 30 heavy (non-hydrogen) atoms. The molecule has 0 bridgehead atoms. The average Bonchev–Trinajstić information content (AvgIpc) is 3.20. The Labute approximate surface area is 177 Å². The van der Waals surface area contributed by atoms with Crippen LogP contribution in [0.2, 0.25) is 0 Å². The molecule has 0 spiro atoms. The highest BCUT2D eigenvalue weighted by atomic mass is 19.3. The number of hydrogen-bond acceptors (Lipinski definition) is 3. The second-order valence-corrected chi connectivity index (χ2v) is 7.97. The molecule has 1 aromatic rings. The lowest BCUT2D eigenvalue weighted by atomic mass is 9.88. The number of benzene rings is 1. The lowest BCUT2D eigenvalue weighted by molar-refractivity contribution is -0.135. The molecule has 1 saturated heterocycles. The van der Waals surface area contributed by atoms with Gasteiger partial charge in [-0.25, -0.2) is 4.99 Å². The first-order valence-corrected chi connectivity index (χ1v) is 10.9. The van der Waals surface area contributed by atoms with Crippen LogP contribution in [0.15, 0.2) is 29.3 Å². The summed E-state index contributed by atoms with van der Waals surface area (Å²) in [4.78, 5) is 19.3. The number of likely N-dealkylation sites (tertiary alicyclic amines) is 1.